The van der Waals surface area contributed by atoms with Crippen molar-refractivity contribution in [2.75, 3.05) is 38.2 Å². The van der Waals surface area contributed by atoms with Crippen LogP contribution in [0.5, 0.6) is 0 Å². The highest BCUT2D eigenvalue weighted by molar-refractivity contribution is 6.00. The van der Waals surface area contributed by atoms with E-state index in [1.165, 1.54) is 12.1 Å². The molecule has 1 aromatic rings. The van der Waals surface area contributed by atoms with Gasteiger partial charge < -0.3 is 21.1 Å². The molecular formula is C13H20FN3O2. The van der Waals surface area contributed by atoms with E-state index in [0.717, 1.165) is 19.4 Å². The molecule has 0 aliphatic carbocycles. The third-order valence-corrected chi connectivity index (χ3v) is 2.75. The molecule has 106 valence electrons. The van der Waals surface area contributed by atoms with Gasteiger partial charge in [-0.15, -0.1) is 0 Å². The summed E-state index contributed by atoms with van der Waals surface area (Å²) >= 11 is 0. The summed E-state index contributed by atoms with van der Waals surface area (Å²) in [6.45, 7) is 1.60. The van der Waals surface area contributed by atoms with Crippen molar-refractivity contribution in [1.29, 1.82) is 0 Å². The predicted molar refractivity (Wildman–Crippen MR) is 74.0 cm³/mol. The number of aromatic carboxylic acids is 1. The Balaban J connectivity index is 2.63. The molecule has 6 heteroatoms. The minimum atomic E-state index is -1.23. The lowest BCUT2D eigenvalue weighted by molar-refractivity contribution is 0.0698. The zero-order chi connectivity index (χ0) is 14.4. The molecule has 0 saturated carbocycles. The summed E-state index contributed by atoms with van der Waals surface area (Å²) < 4.78 is 13.2. The van der Waals surface area contributed by atoms with Gasteiger partial charge in [-0.1, -0.05) is 0 Å². The maximum Gasteiger partial charge on any atom is 0.340 e. The van der Waals surface area contributed by atoms with Gasteiger partial charge in [-0.05, 0) is 45.6 Å². The molecule has 0 aliphatic rings. The number of nitrogens with one attached hydrogen (secondary N) is 1. The van der Waals surface area contributed by atoms with E-state index in [-0.39, 0.29) is 11.3 Å². The molecule has 0 amide bonds. The van der Waals surface area contributed by atoms with Gasteiger partial charge in [-0.2, -0.15) is 0 Å². The fourth-order valence-corrected chi connectivity index (χ4v) is 1.75. The number of carboxylic acid groups (broad SMARTS) is 1. The number of benzene rings is 1. The predicted octanol–water partition coefficient (Wildman–Crippen LogP) is 1.86. The van der Waals surface area contributed by atoms with Crippen LogP contribution in [0.2, 0.25) is 0 Å². The molecule has 0 aliphatic heterocycles. The van der Waals surface area contributed by atoms with Crippen LogP contribution >= 0.6 is 0 Å². The lowest BCUT2D eigenvalue weighted by atomic mass is 10.1. The first kappa shape index (κ1) is 15.2. The number of hydrogen-bond donors (Lipinski definition) is 3. The molecule has 0 radical (unpaired) electrons. The number of nitrogens with two attached hydrogens (primary N) is 1. The van der Waals surface area contributed by atoms with Crippen molar-refractivity contribution < 1.29 is 14.3 Å². The number of rotatable bonds is 7. The van der Waals surface area contributed by atoms with Gasteiger partial charge in [0.2, 0.25) is 0 Å². The summed E-state index contributed by atoms with van der Waals surface area (Å²) in [7, 11) is 3.99. The van der Waals surface area contributed by atoms with Gasteiger partial charge in [0.25, 0.3) is 0 Å². The van der Waals surface area contributed by atoms with Crippen molar-refractivity contribution >= 4 is 17.3 Å². The molecule has 1 aromatic carbocycles. The van der Waals surface area contributed by atoms with Gasteiger partial charge in [0.15, 0.2) is 0 Å². The van der Waals surface area contributed by atoms with Gasteiger partial charge in [-0.25, -0.2) is 9.18 Å². The molecule has 4 N–H and O–H groups in total. The van der Waals surface area contributed by atoms with Gasteiger partial charge in [0, 0.05) is 6.54 Å². The average Bonchev–Trinajstić information content (AvgIpc) is 2.32. The smallest absolute Gasteiger partial charge is 0.340 e. The average molecular weight is 269 g/mol. The molecule has 0 unspecified atom stereocenters. The van der Waals surface area contributed by atoms with E-state index in [9.17, 15) is 9.18 Å². The quantitative estimate of drug-likeness (QED) is 0.520. The first-order valence-corrected chi connectivity index (χ1v) is 6.13. The maximum absolute atomic E-state index is 13.2. The summed E-state index contributed by atoms with van der Waals surface area (Å²) in [5.74, 6) is -1.94. The summed E-state index contributed by atoms with van der Waals surface area (Å²) in [5.41, 5.74) is 5.28. The Bertz CT molecular complexity index is 450. The lowest BCUT2D eigenvalue weighted by Crippen LogP contribution is -2.15. The number of halogens is 1. The number of carboxylic acids is 1. The fourth-order valence-electron chi connectivity index (χ4n) is 1.75. The van der Waals surface area contributed by atoms with Gasteiger partial charge in [0.1, 0.15) is 11.4 Å². The van der Waals surface area contributed by atoms with E-state index < -0.39 is 11.8 Å². The molecule has 0 atom stereocenters. The van der Waals surface area contributed by atoms with E-state index in [4.69, 9.17) is 10.8 Å². The van der Waals surface area contributed by atoms with Crippen LogP contribution in [-0.2, 0) is 0 Å². The molecule has 0 aromatic heterocycles. The van der Waals surface area contributed by atoms with Crippen LogP contribution in [0.15, 0.2) is 12.1 Å². The number of nitrogens with zero attached hydrogens (tertiary/aromatic N) is 1. The van der Waals surface area contributed by atoms with E-state index in [1.807, 2.05) is 14.1 Å². The molecule has 0 spiro atoms. The molecule has 0 heterocycles. The van der Waals surface area contributed by atoms with Gasteiger partial charge in [-0.3, -0.25) is 0 Å². The van der Waals surface area contributed by atoms with Crippen LogP contribution in [0.1, 0.15) is 23.2 Å². The van der Waals surface area contributed by atoms with Crippen LogP contribution in [0.25, 0.3) is 0 Å². The monoisotopic (exact) mass is 269 g/mol. The minimum Gasteiger partial charge on any atom is -0.478 e. The first-order chi connectivity index (χ1) is 8.93. The molecule has 0 fully saturated rings. The van der Waals surface area contributed by atoms with Crippen LogP contribution < -0.4 is 11.1 Å². The molecule has 5 nitrogen and oxygen atoms in total. The maximum atomic E-state index is 13.2. The zero-order valence-corrected chi connectivity index (χ0v) is 11.2. The number of unbranched alkanes of at least 4 members (excludes halogenated alkanes) is 1. The second kappa shape index (κ2) is 6.94. The Morgan fingerprint density at radius 3 is 2.68 bits per heavy atom. The van der Waals surface area contributed by atoms with Crippen LogP contribution in [0, 0.1) is 5.82 Å². The van der Waals surface area contributed by atoms with Gasteiger partial charge in [0.05, 0.1) is 11.4 Å². The summed E-state index contributed by atoms with van der Waals surface area (Å²) in [4.78, 5) is 13.2. The third-order valence-electron chi connectivity index (χ3n) is 2.75. The van der Waals surface area contributed by atoms with Crippen LogP contribution in [-0.4, -0.2) is 43.2 Å². The summed E-state index contributed by atoms with van der Waals surface area (Å²) in [6.07, 6.45) is 1.90. The minimum absolute atomic E-state index is 0.201. The Morgan fingerprint density at radius 1 is 1.42 bits per heavy atom. The second-order valence-corrected chi connectivity index (χ2v) is 4.63. The Kier molecular flexibility index (Phi) is 5.57. The summed E-state index contributed by atoms with van der Waals surface area (Å²) in [6, 6.07) is 2.57. The lowest BCUT2D eigenvalue weighted by Gasteiger charge is -2.13. The normalized spacial score (nSPS) is 10.7. The van der Waals surface area contributed by atoms with Crippen LogP contribution in [0.4, 0.5) is 15.8 Å². The second-order valence-electron chi connectivity index (χ2n) is 4.63. The Labute approximate surface area is 112 Å². The van der Waals surface area contributed by atoms with Crippen molar-refractivity contribution in [3.8, 4) is 0 Å². The summed E-state index contributed by atoms with van der Waals surface area (Å²) in [5, 5.41) is 12.0. The highest BCUT2D eigenvalue weighted by Gasteiger charge is 2.16. The molecular weight excluding hydrogens is 249 g/mol. The van der Waals surface area contributed by atoms with Crippen molar-refractivity contribution in [2.24, 2.45) is 0 Å². The fraction of sp³-hybridized carbons (Fsp3) is 0.462. The SMILES string of the molecule is CN(C)CCCCNc1ccc(F)c(N)c1C(=O)O. The van der Waals surface area contributed by atoms with E-state index in [1.54, 1.807) is 0 Å². The highest BCUT2D eigenvalue weighted by Crippen LogP contribution is 2.25. The van der Waals surface area contributed by atoms with E-state index >= 15 is 0 Å². The largest absolute Gasteiger partial charge is 0.478 e. The van der Waals surface area contributed by atoms with Crippen molar-refractivity contribution in [2.45, 2.75) is 12.8 Å². The molecule has 0 saturated heterocycles. The van der Waals surface area contributed by atoms with Crippen molar-refractivity contribution in [3.05, 3.63) is 23.5 Å². The van der Waals surface area contributed by atoms with Crippen molar-refractivity contribution in [3.63, 3.8) is 0 Å². The number of carbonyl (C=O) groups is 1. The van der Waals surface area contributed by atoms with Crippen molar-refractivity contribution in [1.82, 2.24) is 4.90 Å². The molecule has 0 bridgehead atoms. The van der Waals surface area contributed by atoms with Crippen LogP contribution in [0.3, 0.4) is 0 Å². The van der Waals surface area contributed by atoms with E-state index in [2.05, 4.69) is 10.2 Å². The number of nitrogen functional groups attached to an aromatic ring is 1. The third kappa shape index (κ3) is 4.40. The Morgan fingerprint density at radius 2 is 2.11 bits per heavy atom. The first-order valence-electron chi connectivity index (χ1n) is 6.13. The highest BCUT2D eigenvalue weighted by atomic mass is 19.1. The van der Waals surface area contributed by atoms with E-state index in [0.29, 0.717) is 12.2 Å². The topological polar surface area (TPSA) is 78.6 Å². The van der Waals surface area contributed by atoms with Gasteiger partial charge >= 0.3 is 5.97 Å². The standard InChI is InChI=1S/C13H20FN3O2/c1-17(2)8-4-3-7-16-10-6-5-9(14)12(15)11(10)13(18)19/h5-6,16H,3-4,7-8,15H2,1-2H3,(H,18,19). The molecule has 19 heavy (non-hydrogen) atoms. The molecule has 1 rings (SSSR count). The number of anilines is 2. The zero-order valence-electron chi connectivity index (χ0n) is 11.2. The Hall–Kier alpha value is -1.82. The number of hydrogen-bond acceptors (Lipinski definition) is 4.